The van der Waals surface area contributed by atoms with Crippen LogP contribution >= 0.6 is 23.5 Å². The van der Waals surface area contributed by atoms with Gasteiger partial charge in [0.2, 0.25) is 11.8 Å². The Kier molecular flexibility index (Phi) is 7.87. The summed E-state index contributed by atoms with van der Waals surface area (Å²) in [6, 6.07) is 9.73. The van der Waals surface area contributed by atoms with Crippen LogP contribution in [0.2, 0.25) is 0 Å². The van der Waals surface area contributed by atoms with Crippen molar-refractivity contribution in [3.8, 4) is 0 Å². The number of hydrogen-bond donors (Lipinski definition) is 2. The van der Waals surface area contributed by atoms with E-state index in [1.54, 1.807) is 43.3 Å². The third kappa shape index (κ3) is 6.31. The minimum Gasteiger partial charge on any atom is -0.467 e. The summed E-state index contributed by atoms with van der Waals surface area (Å²) in [4.78, 5) is 50.3. The Labute approximate surface area is 208 Å². The Balaban J connectivity index is 1.43. The third-order valence-electron chi connectivity index (χ3n) is 4.81. The lowest BCUT2D eigenvalue weighted by atomic mass is 10.2. The smallest absolute Gasteiger partial charge is 0.338 e. The predicted molar refractivity (Wildman–Crippen MR) is 132 cm³/mol. The first kappa shape index (κ1) is 24.5. The Bertz CT molecular complexity index is 1180. The predicted octanol–water partition coefficient (Wildman–Crippen LogP) is 3.06. The fourth-order valence-corrected chi connectivity index (χ4v) is 4.86. The number of amides is 3. The van der Waals surface area contributed by atoms with Crippen molar-refractivity contribution in [3.63, 3.8) is 0 Å². The molecule has 3 amide bonds. The summed E-state index contributed by atoms with van der Waals surface area (Å²) in [5.41, 5.74) is 0.861. The average Bonchev–Trinajstić information content (AvgIpc) is 3.57. The van der Waals surface area contributed by atoms with Gasteiger partial charge in [-0.15, -0.1) is 10.2 Å². The van der Waals surface area contributed by atoms with E-state index in [1.165, 1.54) is 11.2 Å². The molecule has 2 fully saturated rings. The van der Waals surface area contributed by atoms with Crippen LogP contribution < -0.4 is 10.6 Å². The Hall–Kier alpha value is -3.58. The number of ether oxygens (including phenoxy) is 1. The third-order valence-corrected chi connectivity index (χ3v) is 6.75. The van der Waals surface area contributed by atoms with Crippen molar-refractivity contribution in [3.05, 3.63) is 54.0 Å². The molecule has 2 N–H and O–H groups in total. The van der Waals surface area contributed by atoms with Gasteiger partial charge in [0.05, 0.1) is 30.7 Å². The highest BCUT2D eigenvalue weighted by Gasteiger charge is 2.40. The van der Waals surface area contributed by atoms with Crippen LogP contribution in [0, 0.1) is 0 Å². The van der Waals surface area contributed by atoms with E-state index in [9.17, 15) is 19.2 Å². The Morgan fingerprint density at radius 1 is 1.23 bits per heavy atom. The second-order valence-corrected chi connectivity index (χ2v) is 9.41. The van der Waals surface area contributed by atoms with Crippen LogP contribution in [0.1, 0.15) is 29.5 Å². The number of amidine groups is 2. The molecule has 0 spiro atoms. The quantitative estimate of drug-likeness (QED) is 0.403. The molecule has 3 heterocycles. The van der Waals surface area contributed by atoms with Crippen molar-refractivity contribution in [2.45, 2.75) is 25.1 Å². The molecule has 1 atom stereocenters. The van der Waals surface area contributed by atoms with E-state index in [2.05, 4.69) is 20.8 Å². The van der Waals surface area contributed by atoms with Gasteiger partial charge < -0.3 is 19.8 Å². The van der Waals surface area contributed by atoms with Gasteiger partial charge in [-0.3, -0.25) is 19.3 Å². The number of nitrogens with one attached hydrogen (secondary N) is 2. The molecular weight excluding hydrogens is 494 g/mol. The zero-order chi connectivity index (χ0) is 24.8. The van der Waals surface area contributed by atoms with E-state index in [4.69, 9.17) is 9.15 Å². The SMILES string of the molecule is CCOC(=O)c1ccc(NC(=O)C[C@@H]2S/C(=N/N=C3\CSC(=O)N3)N(Cc3ccco3)C2=O)cc1. The summed E-state index contributed by atoms with van der Waals surface area (Å²) in [7, 11) is 0. The van der Waals surface area contributed by atoms with Crippen molar-refractivity contribution in [1.29, 1.82) is 0 Å². The highest BCUT2D eigenvalue weighted by Crippen LogP contribution is 2.31. The fraction of sp³-hybridized carbons (Fsp3) is 0.273. The monoisotopic (exact) mass is 515 g/mol. The summed E-state index contributed by atoms with van der Waals surface area (Å²) in [6.45, 7) is 2.13. The van der Waals surface area contributed by atoms with Gasteiger partial charge in [-0.2, -0.15) is 0 Å². The largest absolute Gasteiger partial charge is 0.467 e. The summed E-state index contributed by atoms with van der Waals surface area (Å²) in [5.74, 6) is 0.198. The van der Waals surface area contributed by atoms with E-state index in [-0.39, 0.29) is 36.6 Å². The summed E-state index contributed by atoms with van der Waals surface area (Å²) in [5, 5.41) is 12.9. The van der Waals surface area contributed by atoms with Gasteiger partial charge in [0.1, 0.15) is 16.8 Å². The van der Waals surface area contributed by atoms with Gasteiger partial charge in [-0.05, 0) is 43.3 Å². The Morgan fingerprint density at radius 2 is 2.03 bits per heavy atom. The van der Waals surface area contributed by atoms with Crippen molar-refractivity contribution in [1.82, 2.24) is 10.2 Å². The molecule has 2 aliphatic rings. The highest BCUT2D eigenvalue weighted by atomic mass is 32.2. The van der Waals surface area contributed by atoms with E-state index >= 15 is 0 Å². The number of carbonyl (C=O) groups is 4. The lowest BCUT2D eigenvalue weighted by molar-refractivity contribution is -0.128. The molecule has 1 aromatic heterocycles. The van der Waals surface area contributed by atoms with E-state index in [0.29, 0.717) is 33.8 Å². The molecule has 11 nitrogen and oxygen atoms in total. The number of hydrogen-bond acceptors (Lipinski definition) is 10. The molecule has 0 bridgehead atoms. The molecule has 0 aliphatic carbocycles. The molecule has 2 saturated heterocycles. The van der Waals surface area contributed by atoms with Crippen LogP contribution in [0.5, 0.6) is 0 Å². The second kappa shape index (κ2) is 11.2. The summed E-state index contributed by atoms with van der Waals surface area (Å²) < 4.78 is 10.3. The van der Waals surface area contributed by atoms with Gasteiger partial charge in [-0.25, -0.2) is 4.79 Å². The normalized spacial score (nSPS) is 19.9. The van der Waals surface area contributed by atoms with Crippen LogP contribution in [-0.4, -0.2) is 56.5 Å². The number of thioether (sulfide) groups is 2. The zero-order valence-corrected chi connectivity index (χ0v) is 20.2. The minimum absolute atomic E-state index is 0.0973. The standard InChI is InChI=1S/C22H21N5O6S2/c1-2-32-20(30)13-5-7-14(8-6-13)23-18(28)10-16-19(29)27(11-15-4-3-9-33-15)21(35-16)26-25-17-12-34-22(31)24-17/h3-9,16H,2,10-12H2,1H3,(H,23,28)(H,24,25,31)/b26-21+/t16-/m0/s1. The highest BCUT2D eigenvalue weighted by molar-refractivity contribution is 8.15. The maximum atomic E-state index is 13.1. The van der Waals surface area contributed by atoms with Crippen LogP contribution in [0.25, 0.3) is 0 Å². The lowest BCUT2D eigenvalue weighted by Gasteiger charge is -2.14. The van der Waals surface area contributed by atoms with Gasteiger partial charge in [-0.1, -0.05) is 23.5 Å². The second-order valence-electron chi connectivity index (χ2n) is 7.29. The minimum atomic E-state index is -0.713. The molecular formula is C22H21N5O6S2. The number of nitrogens with zero attached hydrogens (tertiary/aromatic N) is 3. The van der Waals surface area contributed by atoms with E-state index in [1.807, 2.05) is 0 Å². The maximum Gasteiger partial charge on any atom is 0.338 e. The fourth-order valence-electron chi connectivity index (χ4n) is 3.19. The van der Waals surface area contributed by atoms with Gasteiger partial charge in [0.25, 0.3) is 5.24 Å². The van der Waals surface area contributed by atoms with Crippen molar-refractivity contribution < 1.29 is 28.3 Å². The number of furan rings is 1. The van der Waals surface area contributed by atoms with Gasteiger partial charge in [0, 0.05) is 12.1 Å². The first-order valence-corrected chi connectivity index (χ1v) is 12.4. The first-order chi connectivity index (χ1) is 16.9. The molecule has 35 heavy (non-hydrogen) atoms. The van der Waals surface area contributed by atoms with Crippen LogP contribution in [0.4, 0.5) is 10.5 Å². The van der Waals surface area contributed by atoms with Gasteiger partial charge in [0.15, 0.2) is 5.17 Å². The zero-order valence-electron chi connectivity index (χ0n) is 18.6. The molecule has 4 rings (SSSR count). The summed E-state index contributed by atoms with van der Waals surface area (Å²) in [6.07, 6.45) is 1.41. The van der Waals surface area contributed by atoms with E-state index < -0.39 is 11.2 Å². The molecule has 182 valence electrons. The van der Waals surface area contributed by atoms with Crippen molar-refractivity contribution >= 4 is 63.2 Å². The number of anilines is 1. The number of carbonyl (C=O) groups excluding carboxylic acids is 4. The van der Waals surface area contributed by atoms with Crippen LogP contribution in [0.15, 0.2) is 57.3 Å². The number of rotatable bonds is 8. The lowest BCUT2D eigenvalue weighted by Crippen LogP contribution is -2.33. The molecule has 2 aromatic rings. The van der Waals surface area contributed by atoms with Crippen LogP contribution in [0.3, 0.4) is 0 Å². The molecule has 0 radical (unpaired) electrons. The van der Waals surface area contributed by atoms with E-state index in [0.717, 1.165) is 23.5 Å². The molecule has 2 aliphatic heterocycles. The van der Waals surface area contributed by atoms with Crippen LogP contribution in [-0.2, 0) is 20.9 Å². The average molecular weight is 516 g/mol. The molecule has 0 saturated carbocycles. The van der Waals surface area contributed by atoms with Gasteiger partial charge >= 0.3 is 5.97 Å². The molecule has 13 heteroatoms. The Morgan fingerprint density at radius 3 is 2.69 bits per heavy atom. The van der Waals surface area contributed by atoms with Crippen molar-refractivity contribution in [2.24, 2.45) is 10.2 Å². The topological polar surface area (TPSA) is 143 Å². The number of esters is 1. The molecule has 1 aromatic carbocycles. The van der Waals surface area contributed by atoms with Crippen molar-refractivity contribution in [2.75, 3.05) is 17.7 Å². The first-order valence-electron chi connectivity index (χ1n) is 10.6. The maximum absolute atomic E-state index is 13.1. The number of benzene rings is 1. The molecule has 0 unspecified atom stereocenters. The summed E-state index contributed by atoms with van der Waals surface area (Å²) >= 11 is 2.20.